The van der Waals surface area contributed by atoms with Crippen LogP contribution in [0.25, 0.3) is 89.0 Å². The Kier molecular flexibility index (Phi) is 8.59. The fraction of sp³-hybridized carbons (Fsp3) is 0.0364. The highest BCUT2D eigenvalue weighted by Gasteiger charge is 2.24. The molecule has 0 bridgehead atoms. The number of aromatic nitrogens is 4. The molecule has 0 amide bonds. The summed E-state index contributed by atoms with van der Waals surface area (Å²) >= 11 is 0. The summed E-state index contributed by atoms with van der Waals surface area (Å²) in [5, 5.41) is 3.61. The van der Waals surface area contributed by atoms with E-state index in [1.165, 1.54) is 33.0 Å². The zero-order valence-electron chi connectivity index (χ0n) is 32.3. The average Bonchev–Trinajstić information content (AvgIpc) is 3.68. The van der Waals surface area contributed by atoms with Crippen LogP contribution in [-0.2, 0) is 0 Å². The number of nitrogens with zero attached hydrogens (tertiary/aromatic N) is 4. The normalized spacial score (nSPS) is 13.9. The van der Waals surface area contributed by atoms with Crippen LogP contribution in [0.2, 0.25) is 0 Å². The summed E-state index contributed by atoms with van der Waals surface area (Å²) in [4.78, 5) is 15.8. The first-order valence-electron chi connectivity index (χ1n) is 20.2. The number of para-hydroxylation sites is 3. The van der Waals surface area contributed by atoms with Gasteiger partial charge in [-0.1, -0.05) is 182 Å². The highest BCUT2D eigenvalue weighted by atomic mass is 15.0. The maximum absolute atomic E-state index is 5.50. The molecule has 10 aromatic rings. The Bertz CT molecular complexity index is 3220. The van der Waals surface area contributed by atoms with Gasteiger partial charge in [0.2, 0.25) is 0 Å². The van der Waals surface area contributed by atoms with Gasteiger partial charge in [-0.25, -0.2) is 15.0 Å². The summed E-state index contributed by atoms with van der Waals surface area (Å²) < 4.78 is 2.40. The number of allylic oxidation sites excluding steroid dienone is 4. The van der Waals surface area contributed by atoms with Gasteiger partial charge in [0.25, 0.3) is 0 Å². The number of hydrogen-bond donors (Lipinski definition) is 0. The van der Waals surface area contributed by atoms with Crippen LogP contribution in [0, 0.1) is 0 Å². The molecular weight excluding hydrogens is 717 g/mol. The molecule has 1 aliphatic carbocycles. The third-order valence-electron chi connectivity index (χ3n) is 11.6. The van der Waals surface area contributed by atoms with Crippen molar-refractivity contribution in [2.45, 2.75) is 12.3 Å². The SMILES string of the molecule is C1=CC(c2ccccc2-c2nc3ccccc3c3c4ccccc4n(-c4ccccc4)c23)CC=C1c1cc(-c2ccc(-c3ccccc3)cc2)nc(-c2ccccc2)n1. The zero-order valence-corrected chi connectivity index (χ0v) is 32.3. The van der Waals surface area contributed by atoms with E-state index >= 15 is 0 Å². The third kappa shape index (κ3) is 6.23. The Hall–Kier alpha value is -7.69. The Morgan fingerprint density at radius 3 is 1.86 bits per heavy atom. The minimum Gasteiger partial charge on any atom is -0.307 e. The van der Waals surface area contributed by atoms with Crippen molar-refractivity contribution in [2.75, 3.05) is 0 Å². The standard InChI is InChI=1S/C55H38N4/c1-4-16-37(17-5-1)38-28-32-40(33-29-38)49-36-50(58-55(57-49)42-18-6-2-7-19-42)41-34-30-39(31-35-41)44-22-10-11-23-45(44)53-54-52(46-24-12-14-26-48(46)56-53)47-25-13-15-27-51(47)59(54)43-20-8-3-9-21-43/h1-30,32-36,39H,31H2. The van der Waals surface area contributed by atoms with Crippen LogP contribution in [0.15, 0.2) is 212 Å². The molecule has 7 aromatic carbocycles. The second-order valence-corrected chi connectivity index (χ2v) is 15.1. The van der Waals surface area contributed by atoms with E-state index < -0.39 is 0 Å². The smallest absolute Gasteiger partial charge is 0.160 e. The summed E-state index contributed by atoms with van der Waals surface area (Å²) in [6.45, 7) is 0. The van der Waals surface area contributed by atoms with Gasteiger partial charge < -0.3 is 4.57 Å². The minimum absolute atomic E-state index is 0.147. The molecule has 1 aliphatic rings. The van der Waals surface area contributed by atoms with Gasteiger partial charge in [-0.3, -0.25) is 0 Å². The molecular formula is C55H38N4. The Labute approximate surface area is 343 Å². The molecule has 59 heavy (non-hydrogen) atoms. The second-order valence-electron chi connectivity index (χ2n) is 15.1. The maximum Gasteiger partial charge on any atom is 0.160 e. The highest BCUT2D eigenvalue weighted by Crippen LogP contribution is 2.44. The quantitative estimate of drug-likeness (QED) is 0.163. The van der Waals surface area contributed by atoms with Crippen molar-refractivity contribution in [3.8, 4) is 50.7 Å². The number of pyridine rings is 1. The van der Waals surface area contributed by atoms with Gasteiger partial charge in [0.1, 0.15) is 0 Å². The van der Waals surface area contributed by atoms with Crippen LogP contribution in [0.3, 0.4) is 0 Å². The van der Waals surface area contributed by atoms with E-state index in [2.05, 4.69) is 193 Å². The first-order valence-corrected chi connectivity index (χ1v) is 20.2. The summed E-state index contributed by atoms with van der Waals surface area (Å²) in [5.74, 6) is 0.862. The summed E-state index contributed by atoms with van der Waals surface area (Å²) in [6.07, 6.45) is 7.75. The van der Waals surface area contributed by atoms with Crippen LogP contribution in [0.5, 0.6) is 0 Å². The minimum atomic E-state index is 0.147. The van der Waals surface area contributed by atoms with Gasteiger partial charge in [0, 0.05) is 44.5 Å². The summed E-state index contributed by atoms with van der Waals surface area (Å²) in [6, 6.07) is 68.4. The molecule has 3 heterocycles. The van der Waals surface area contributed by atoms with Crippen molar-refractivity contribution in [2.24, 2.45) is 0 Å². The summed E-state index contributed by atoms with van der Waals surface area (Å²) in [5.41, 5.74) is 15.1. The van der Waals surface area contributed by atoms with Crippen molar-refractivity contribution in [1.82, 2.24) is 19.5 Å². The van der Waals surface area contributed by atoms with E-state index in [1.54, 1.807) is 0 Å². The van der Waals surface area contributed by atoms with Crippen molar-refractivity contribution in [1.29, 1.82) is 0 Å². The van der Waals surface area contributed by atoms with Crippen LogP contribution < -0.4 is 0 Å². The maximum atomic E-state index is 5.50. The second kappa shape index (κ2) is 14.7. The van der Waals surface area contributed by atoms with E-state index in [1.807, 2.05) is 24.3 Å². The van der Waals surface area contributed by atoms with E-state index in [9.17, 15) is 0 Å². The molecule has 3 aromatic heterocycles. The molecule has 0 spiro atoms. The largest absolute Gasteiger partial charge is 0.307 e. The van der Waals surface area contributed by atoms with Crippen molar-refractivity contribution in [3.05, 3.63) is 224 Å². The average molecular weight is 755 g/mol. The molecule has 0 N–H and O–H groups in total. The molecule has 11 rings (SSSR count). The van der Waals surface area contributed by atoms with Crippen LogP contribution in [0.4, 0.5) is 0 Å². The molecule has 0 radical (unpaired) electrons. The molecule has 0 fully saturated rings. The number of benzene rings is 7. The first kappa shape index (κ1) is 34.5. The van der Waals surface area contributed by atoms with Gasteiger partial charge in [-0.2, -0.15) is 0 Å². The van der Waals surface area contributed by atoms with E-state index in [4.69, 9.17) is 15.0 Å². The van der Waals surface area contributed by atoms with Gasteiger partial charge >= 0.3 is 0 Å². The fourth-order valence-corrected chi connectivity index (χ4v) is 8.73. The number of hydrogen-bond acceptors (Lipinski definition) is 3. The van der Waals surface area contributed by atoms with Crippen molar-refractivity contribution >= 4 is 38.3 Å². The highest BCUT2D eigenvalue weighted by molar-refractivity contribution is 6.23. The molecule has 0 saturated heterocycles. The molecule has 0 saturated carbocycles. The topological polar surface area (TPSA) is 43.6 Å². The number of fused-ring (bicyclic) bond motifs is 5. The van der Waals surface area contributed by atoms with Crippen molar-refractivity contribution < 1.29 is 0 Å². The third-order valence-corrected chi connectivity index (χ3v) is 11.6. The first-order chi connectivity index (χ1) is 29.3. The monoisotopic (exact) mass is 754 g/mol. The van der Waals surface area contributed by atoms with E-state index in [0.717, 1.165) is 67.9 Å². The summed E-state index contributed by atoms with van der Waals surface area (Å²) in [7, 11) is 0. The van der Waals surface area contributed by atoms with Crippen molar-refractivity contribution in [3.63, 3.8) is 0 Å². The zero-order chi connectivity index (χ0) is 39.1. The Morgan fingerprint density at radius 1 is 0.492 bits per heavy atom. The molecule has 0 aliphatic heterocycles. The van der Waals surface area contributed by atoms with E-state index in [-0.39, 0.29) is 5.92 Å². The van der Waals surface area contributed by atoms with Crippen LogP contribution >= 0.6 is 0 Å². The lowest BCUT2D eigenvalue weighted by molar-refractivity contribution is 0.857. The molecule has 278 valence electrons. The number of rotatable bonds is 7. The fourth-order valence-electron chi connectivity index (χ4n) is 8.73. The Morgan fingerprint density at radius 2 is 1.10 bits per heavy atom. The van der Waals surface area contributed by atoms with Gasteiger partial charge in [0.05, 0.1) is 33.6 Å². The van der Waals surface area contributed by atoms with Crippen LogP contribution in [0.1, 0.15) is 23.6 Å². The van der Waals surface area contributed by atoms with Gasteiger partial charge in [-0.15, -0.1) is 0 Å². The Balaban J connectivity index is 1.01. The van der Waals surface area contributed by atoms with Gasteiger partial charge in [-0.05, 0) is 59.0 Å². The van der Waals surface area contributed by atoms with E-state index in [0.29, 0.717) is 5.82 Å². The predicted octanol–water partition coefficient (Wildman–Crippen LogP) is 13.9. The molecule has 1 atom stereocenters. The van der Waals surface area contributed by atoms with Crippen LogP contribution in [-0.4, -0.2) is 19.5 Å². The lowest BCUT2D eigenvalue weighted by Gasteiger charge is -2.21. The van der Waals surface area contributed by atoms with Gasteiger partial charge in [0.15, 0.2) is 5.82 Å². The molecule has 4 nitrogen and oxygen atoms in total. The lowest BCUT2D eigenvalue weighted by atomic mass is 9.85. The predicted molar refractivity (Wildman–Crippen MR) is 244 cm³/mol. The molecule has 1 unspecified atom stereocenters. The molecule has 4 heteroatoms. The lowest BCUT2D eigenvalue weighted by Crippen LogP contribution is -2.04.